The Labute approximate surface area is 159 Å². The molecule has 1 atom stereocenters. The zero-order chi connectivity index (χ0) is 19.0. The Hall–Kier alpha value is -2.53. The maximum Gasteiger partial charge on any atom is 0.281 e. The number of piperidine rings is 1. The van der Waals surface area contributed by atoms with Gasteiger partial charge in [-0.25, -0.2) is 0 Å². The molecule has 27 heavy (non-hydrogen) atoms. The Balaban J connectivity index is 1.88. The monoisotopic (exact) mass is 369 g/mol. The van der Waals surface area contributed by atoms with Crippen LogP contribution in [0.2, 0.25) is 0 Å². The second-order valence-electron chi connectivity index (χ2n) is 7.42. The Kier molecular flexibility index (Phi) is 4.79. The van der Waals surface area contributed by atoms with Gasteiger partial charge in [0, 0.05) is 39.3 Å². The van der Waals surface area contributed by atoms with Crippen molar-refractivity contribution in [1.29, 1.82) is 0 Å². The third-order valence-corrected chi connectivity index (χ3v) is 5.49. The standard InChI is InChI=1S/C19H27N7O/c1-3-4-12-26-15-16(22-19(26)25-11-7-8-14(20)13-25)21-18(23(2)17(15)27)24-9-5-6-10-24/h14H,5-13,20H2,1-2H3. The molecule has 0 aromatic carbocycles. The molecular weight excluding hydrogens is 342 g/mol. The van der Waals surface area contributed by atoms with E-state index >= 15 is 0 Å². The van der Waals surface area contributed by atoms with Crippen molar-refractivity contribution >= 4 is 23.1 Å². The van der Waals surface area contributed by atoms with E-state index in [1.807, 2.05) is 4.57 Å². The van der Waals surface area contributed by atoms with Crippen LogP contribution in [0.4, 0.5) is 11.9 Å². The van der Waals surface area contributed by atoms with Gasteiger partial charge < -0.3 is 15.5 Å². The molecule has 2 fully saturated rings. The Morgan fingerprint density at radius 1 is 1.11 bits per heavy atom. The smallest absolute Gasteiger partial charge is 0.281 e. The molecule has 0 saturated carbocycles. The molecule has 0 radical (unpaired) electrons. The normalized spacial score (nSPS) is 20.2. The molecule has 2 aliphatic heterocycles. The molecule has 2 saturated heterocycles. The minimum Gasteiger partial charge on any atom is -0.342 e. The molecule has 0 bridgehead atoms. The molecular formula is C19H27N7O. The minimum absolute atomic E-state index is 0.0696. The molecule has 8 heteroatoms. The quantitative estimate of drug-likeness (QED) is 0.801. The summed E-state index contributed by atoms with van der Waals surface area (Å²) in [5, 5.41) is 0. The van der Waals surface area contributed by atoms with E-state index < -0.39 is 0 Å². The summed E-state index contributed by atoms with van der Waals surface area (Å²) in [4.78, 5) is 27.1. The molecule has 8 nitrogen and oxygen atoms in total. The van der Waals surface area contributed by atoms with Crippen LogP contribution >= 0.6 is 0 Å². The highest BCUT2D eigenvalue weighted by molar-refractivity contribution is 5.76. The van der Waals surface area contributed by atoms with Crippen molar-refractivity contribution in [3.63, 3.8) is 0 Å². The van der Waals surface area contributed by atoms with Gasteiger partial charge in [0.1, 0.15) is 0 Å². The van der Waals surface area contributed by atoms with Crippen LogP contribution in [0.1, 0.15) is 32.6 Å². The van der Waals surface area contributed by atoms with E-state index in [0.29, 0.717) is 23.7 Å². The van der Waals surface area contributed by atoms with Crippen molar-refractivity contribution in [2.75, 3.05) is 36.0 Å². The van der Waals surface area contributed by atoms with Crippen LogP contribution in [0.25, 0.3) is 11.2 Å². The summed E-state index contributed by atoms with van der Waals surface area (Å²) in [7, 11) is 1.79. The van der Waals surface area contributed by atoms with E-state index in [1.54, 1.807) is 18.5 Å². The van der Waals surface area contributed by atoms with Crippen molar-refractivity contribution in [2.24, 2.45) is 12.8 Å². The first-order valence-corrected chi connectivity index (χ1v) is 9.72. The van der Waals surface area contributed by atoms with Gasteiger partial charge in [0.05, 0.1) is 6.54 Å². The lowest BCUT2D eigenvalue weighted by Gasteiger charge is -2.31. The number of nitrogens with two attached hydrogens (primary N) is 1. The Morgan fingerprint density at radius 2 is 1.81 bits per heavy atom. The Morgan fingerprint density at radius 3 is 2.52 bits per heavy atom. The van der Waals surface area contributed by atoms with E-state index in [0.717, 1.165) is 57.8 Å². The lowest BCUT2D eigenvalue weighted by Crippen LogP contribution is -2.44. The van der Waals surface area contributed by atoms with Gasteiger partial charge in [0.25, 0.3) is 5.56 Å². The summed E-state index contributed by atoms with van der Waals surface area (Å²) in [6, 6.07) is 0.125. The van der Waals surface area contributed by atoms with Crippen molar-refractivity contribution in [2.45, 2.75) is 45.2 Å². The van der Waals surface area contributed by atoms with Crippen molar-refractivity contribution in [1.82, 2.24) is 19.1 Å². The zero-order valence-electron chi connectivity index (χ0n) is 16.1. The average molecular weight is 369 g/mol. The summed E-state index contributed by atoms with van der Waals surface area (Å²) in [5.41, 5.74) is 7.14. The molecule has 0 spiro atoms. The molecule has 1 unspecified atom stereocenters. The summed E-state index contributed by atoms with van der Waals surface area (Å²) in [6.07, 6.45) is 4.30. The minimum atomic E-state index is -0.0696. The predicted octanol–water partition coefficient (Wildman–Crippen LogP) is 0.681. The van der Waals surface area contributed by atoms with Crippen molar-refractivity contribution in [3.05, 3.63) is 10.4 Å². The summed E-state index contributed by atoms with van der Waals surface area (Å²) in [5.74, 6) is 7.46. The topological polar surface area (TPSA) is 85.2 Å². The lowest BCUT2D eigenvalue weighted by atomic mass is 10.1. The van der Waals surface area contributed by atoms with Crippen molar-refractivity contribution < 1.29 is 0 Å². The van der Waals surface area contributed by atoms with Crippen molar-refractivity contribution in [3.8, 4) is 11.8 Å². The van der Waals surface area contributed by atoms with Crippen LogP contribution in [0.15, 0.2) is 4.79 Å². The first-order valence-electron chi connectivity index (χ1n) is 9.72. The van der Waals surface area contributed by atoms with Gasteiger partial charge in [0.15, 0.2) is 11.2 Å². The molecule has 2 N–H and O–H groups in total. The second-order valence-corrected chi connectivity index (χ2v) is 7.42. The third-order valence-electron chi connectivity index (χ3n) is 5.49. The molecule has 2 aromatic heterocycles. The van der Waals surface area contributed by atoms with Crippen LogP contribution < -0.4 is 21.1 Å². The van der Waals surface area contributed by atoms with E-state index in [-0.39, 0.29) is 11.6 Å². The third kappa shape index (κ3) is 3.16. The van der Waals surface area contributed by atoms with E-state index in [1.165, 1.54) is 0 Å². The van der Waals surface area contributed by atoms with Crippen LogP contribution in [0, 0.1) is 11.8 Å². The number of nitrogens with zero attached hydrogens (tertiary/aromatic N) is 6. The van der Waals surface area contributed by atoms with Gasteiger partial charge in [-0.05, 0) is 32.6 Å². The van der Waals surface area contributed by atoms with Gasteiger partial charge in [0.2, 0.25) is 11.9 Å². The number of imidazole rings is 1. The Bertz CT molecular complexity index is 958. The molecule has 0 amide bonds. The predicted molar refractivity (Wildman–Crippen MR) is 107 cm³/mol. The molecule has 2 aromatic rings. The van der Waals surface area contributed by atoms with E-state index in [9.17, 15) is 4.79 Å². The number of hydrogen-bond acceptors (Lipinski definition) is 6. The first-order chi connectivity index (χ1) is 13.1. The fourth-order valence-electron chi connectivity index (χ4n) is 4.08. The molecule has 4 rings (SSSR count). The molecule has 4 heterocycles. The SMILES string of the molecule is CC#CCn1c(N2CCCC(N)C2)nc2nc(N3CCCC3)n(C)c(=O)c21. The summed E-state index contributed by atoms with van der Waals surface area (Å²) < 4.78 is 3.56. The van der Waals surface area contributed by atoms with Gasteiger partial charge in [-0.2, -0.15) is 9.97 Å². The number of rotatable bonds is 3. The average Bonchev–Trinajstić information content (AvgIpc) is 3.31. The van der Waals surface area contributed by atoms with E-state index in [2.05, 4.69) is 21.6 Å². The number of hydrogen-bond donors (Lipinski definition) is 1. The molecule has 0 aliphatic carbocycles. The highest BCUT2D eigenvalue weighted by Gasteiger charge is 2.26. The fourth-order valence-corrected chi connectivity index (χ4v) is 4.08. The van der Waals surface area contributed by atoms with Crippen LogP contribution in [0.5, 0.6) is 0 Å². The van der Waals surface area contributed by atoms with E-state index in [4.69, 9.17) is 15.7 Å². The largest absolute Gasteiger partial charge is 0.342 e. The lowest BCUT2D eigenvalue weighted by molar-refractivity contribution is 0.496. The fraction of sp³-hybridized carbons (Fsp3) is 0.632. The highest BCUT2D eigenvalue weighted by atomic mass is 16.1. The van der Waals surface area contributed by atoms with Gasteiger partial charge in [-0.3, -0.25) is 13.9 Å². The van der Waals surface area contributed by atoms with Gasteiger partial charge in [-0.15, -0.1) is 5.92 Å². The summed E-state index contributed by atoms with van der Waals surface area (Å²) in [6.45, 7) is 5.72. The van der Waals surface area contributed by atoms with Gasteiger partial charge in [-0.1, -0.05) is 5.92 Å². The number of anilines is 2. The number of fused-ring (bicyclic) bond motifs is 1. The summed E-state index contributed by atoms with van der Waals surface area (Å²) >= 11 is 0. The molecule has 144 valence electrons. The maximum atomic E-state index is 13.2. The van der Waals surface area contributed by atoms with Crippen LogP contribution in [-0.4, -0.2) is 51.3 Å². The number of aromatic nitrogens is 4. The highest BCUT2D eigenvalue weighted by Crippen LogP contribution is 2.25. The first kappa shape index (κ1) is 17.9. The van der Waals surface area contributed by atoms with Gasteiger partial charge >= 0.3 is 0 Å². The zero-order valence-corrected chi connectivity index (χ0v) is 16.1. The maximum absolute atomic E-state index is 13.2. The van der Waals surface area contributed by atoms with Crippen LogP contribution in [-0.2, 0) is 13.6 Å². The second kappa shape index (κ2) is 7.24. The molecule has 2 aliphatic rings. The van der Waals surface area contributed by atoms with Crippen LogP contribution in [0.3, 0.4) is 0 Å².